The third-order valence-corrected chi connectivity index (χ3v) is 5.31. The maximum Gasteiger partial charge on any atom is 0.160 e. The van der Waals surface area contributed by atoms with E-state index in [2.05, 4.69) is 69.3 Å². The van der Waals surface area contributed by atoms with Crippen LogP contribution in [0.2, 0.25) is 0 Å². The third kappa shape index (κ3) is 2.99. The lowest BCUT2D eigenvalue weighted by molar-refractivity contribution is 0.570. The lowest BCUT2D eigenvalue weighted by atomic mass is 9.90. The Balaban J connectivity index is 1.85. The van der Waals surface area contributed by atoms with Crippen LogP contribution in [0.4, 0.5) is 0 Å². The first-order valence-corrected chi connectivity index (χ1v) is 9.84. The van der Waals surface area contributed by atoms with Gasteiger partial charge in [-0.05, 0) is 29.8 Å². The molecule has 0 bridgehead atoms. The number of rotatable bonds is 2. The molecular formula is C26H22N2O. The molecule has 3 nitrogen and oxygen atoms in total. The maximum absolute atomic E-state index is 5.82. The molecule has 0 amide bonds. The molecule has 29 heavy (non-hydrogen) atoms. The molecule has 0 fully saturated rings. The number of furan rings is 1. The molecule has 2 aromatic carbocycles. The van der Waals surface area contributed by atoms with Crippen molar-refractivity contribution in [1.29, 1.82) is 0 Å². The summed E-state index contributed by atoms with van der Waals surface area (Å²) in [6.45, 7) is 6.53. The van der Waals surface area contributed by atoms with Crippen LogP contribution in [-0.2, 0) is 5.41 Å². The predicted octanol–water partition coefficient (Wildman–Crippen LogP) is 7.01. The van der Waals surface area contributed by atoms with Gasteiger partial charge >= 0.3 is 0 Å². The number of pyridine rings is 2. The lowest BCUT2D eigenvalue weighted by Gasteiger charge is -2.19. The Labute approximate surface area is 170 Å². The fraction of sp³-hybridized carbons (Fsp3) is 0.154. The van der Waals surface area contributed by atoms with Gasteiger partial charge in [0.15, 0.2) is 5.58 Å². The van der Waals surface area contributed by atoms with E-state index in [1.807, 2.05) is 24.4 Å². The zero-order chi connectivity index (χ0) is 20.0. The predicted molar refractivity (Wildman–Crippen MR) is 119 cm³/mol. The minimum absolute atomic E-state index is 0.0384. The van der Waals surface area contributed by atoms with Crippen LogP contribution in [0.3, 0.4) is 0 Å². The van der Waals surface area contributed by atoms with Gasteiger partial charge in [0.25, 0.3) is 0 Å². The SMILES string of the molecule is CC(C)(C)c1ccc2c(-c3ncccc3-c3ccccc3)cc3ccoc3c2n1. The number of benzene rings is 2. The lowest BCUT2D eigenvalue weighted by Crippen LogP contribution is -2.13. The van der Waals surface area contributed by atoms with Crippen molar-refractivity contribution in [3.8, 4) is 22.4 Å². The van der Waals surface area contributed by atoms with Crippen molar-refractivity contribution < 1.29 is 4.42 Å². The zero-order valence-corrected chi connectivity index (χ0v) is 16.8. The first-order chi connectivity index (χ1) is 14.0. The van der Waals surface area contributed by atoms with Crippen molar-refractivity contribution in [3.63, 3.8) is 0 Å². The molecule has 0 spiro atoms. The molecule has 0 atom stereocenters. The zero-order valence-electron chi connectivity index (χ0n) is 16.8. The molecule has 3 aromatic heterocycles. The molecule has 5 aromatic rings. The number of hydrogen-bond donors (Lipinski definition) is 0. The summed E-state index contributed by atoms with van der Waals surface area (Å²) in [6, 6.07) is 22.9. The van der Waals surface area contributed by atoms with E-state index in [1.54, 1.807) is 6.26 Å². The Bertz CT molecular complexity index is 1330. The van der Waals surface area contributed by atoms with E-state index < -0.39 is 0 Å². The first-order valence-electron chi connectivity index (χ1n) is 9.84. The summed E-state index contributed by atoms with van der Waals surface area (Å²) in [5.41, 5.74) is 7.00. The molecule has 0 aliphatic heterocycles. The van der Waals surface area contributed by atoms with Crippen LogP contribution in [-0.4, -0.2) is 9.97 Å². The van der Waals surface area contributed by atoms with Gasteiger partial charge in [-0.3, -0.25) is 4.98 Å². The maximum atomic E-state index is 5.82. The Morgan fingerprint density at radius 3 is 2.45 bits per heavy atom. The Hall–Kier alpha value is -3.46. The summed E-state index contributed by atoms with van der Waals surface area (Å²) >= 11 is 0. The second-order valence-corrected chi connectivity index (χ2v) is 8.37. The van der Waals surface area contributed by atoms with Gasteiger partial charge < -0.3 is 4.42 Å². The highest BCUT2D eigenvalue weighted by Crippen LogP contribution is 2.38. The molecule has 0 radical (unpaired) electrons. The molecule has 142 valence electrons. The molecule has 0 aliphatic carbocycles. The largest absolute Gasteiger partial charge is 0.462 e. The van der Waals surface area contributed by atoms with Crippen LogP contribution in [0.5, 0.6) is 0 Å². The van der Waals surface area contributed by atoms with Crippen LogP contribution >= 0.6 is 0 Å². The van der Waals surface area contributed by atoms with E-state index >= 15 is 0 Å². The highest BCUT2D eigenvalue weighted by molar-refractivity contribution is 6.10. The molecule has 0 unspecified atom stereocenters. The second kappa shape index (κ2) is 6.56. The summed E-state index contributed by atoms with van der Waals surface area (Å²) in [6.07, 6.45) is 3.58. The van der Waals surface area contributed by atoms with Gasteiger partial charge in [-0.1, -0.05) is 63.2 Å². The number of fused-ring (bicyclic) bond motifs is 3. The van der Waals surface area contributed by atoms with Crippen LogP contribution < -0.4 is 0 Å². The van der Waals surface area contributed by atoms with Crippen LogP contribution in [0.15, 0.2) is 83.6 Å². The van der Waals surface area contributed by atoms with Gasteiger partial charge in [-0.2, -0.15) is 0 Å². The molecule has 0 N–H and O–H groups in total. The summed E-state index contributed by atoms with van der Waals surface area (Å²) in [7, 11) is 0. The summed E-state index contributed by atoms with van der Waals surface area (Å²) in [5.74, 6) is 0. The van der Waals surface area contributed by atoms with Gasteiger partial charge in [-0.25, -0.2) is 4.98 Å². The molecule has 0 aliphatic rings. The quantitative estimate of drug-likeness (QED) is 0.332. The minimum atomic E-state index is -0.0384. The Morgan fingerprint density at radius 2 is 1.66 bits per heavy atom. The van der Waals surface area contributed by atoms with Crippen molar-refractivity contribution in [2.45, 2.75) is 26.2 Å². The second-order valence-electron chi connectivity index (χ2n) is 8.37. The molecule has 0 saturated carbocycles. The van der Waals surface area contributed by atoms with Gasteiger partial charge in [0, 0.05) is 39.2 Å². The molecular weight excluding hydrogens is 356 g/mol. The molecule has 0 saturated heterocycles. The van der Waals surface area contributed by atoms with Crippen molar-refractivity contribution in [3.05, 3.63) is 84.9 Å². The van der Waals surface area contributed by atoms with Gasteiger partial charge in [0.05, 0.1) is 12.0 Å². The van der Waals surface area contributed by atoms with Gasteiger partial charge in [0.2, 0.25) is 0 Å². The van der Waals surface area contributed by atoms with E-state index in [9.17, 15) is 0 Å². The van der Waals surface area contributed by atoms with Crippen LogP contribution in [0.1, 0.15) is 26.5 Å². The van der Waals surface area contributed by atoms with Crippen molar-refractivity contribution >= 4 is 21.9 Å². The Kier molecular flexibility index (Phi) is 3.99. The van der Waals surface area contributed by atoms with E-state index in [-0.39, 0.29) is 5.41 Å². The fourth-order valence-electron chi connectivity index (χ4n) is 3.79. The summed E-state index contributed by atoms with van der Waals surface area (Å²) in [4.78, 5) is 9.79. The normalized spacial score (nSPS) is 12.0. The fourth-order valence-corrected chi connectivity index (χ4v) is 3.79. The van der Waals surface area contributed by atoms with E-state index in [4.69, 9.17) is 14.4 Å². The number of nitrogens with zero attached hydrogens (tertiary/aromatic N) is 2. The monoisotopic (exact) mass is 378 g/mol. The third-order valence-electron chi connectivity index (χ3n) is 5.31. The van der Waals surface area contributed by atoms with Gasteiger partial charge in [-0.15, -0.1) is 0 Å². The standard InChI is InChI=1S/C26H22N2O/c1-26(2,3)22-12-11-20-21(16-18-13-15-29-25(18)24(20)28-22)23-19(10-7-14-27-23)17-8-5-4-6-9-17/h4-16H,1-3H3. The average molecular weight is 378 g/mol. The van der Waals surface area contributed by atoms with Crippen LogP contribution in [0.25, 0.3) is 44.3 Å². The minimum Gasteiger partial charge on any atom is -0.462 e. The molecule has 3 heterocycles. The number of hydrogen-bond acceptors (Lipinski definition) is 3. The highest BCUT2D eigenvalue weighted by atomic mass is 16.3. The summed E-state index contributed by atoms with van der Waals surface area (Å²) in [5, 5.41) is 2.09. The highest BCUT2D eigenvalue weighted by Gasteiger charge is 2.20. The smallest absolute Gasteiger partial charge is 0.160 e. The van der Waals surface area contributed by atoms with Crippen LogP contribution in [0, 0.1) is 0 Å². The molecule has 3 heteroatoms. The molecule has 5 rings (SSSR count). The summed E-state index contributed by atoms with van der Waals surface area (Å²) < 4.78 is 5.82. The van der Waals surface area contributed by atoms with Crippen molar-refractivity contribution in [2.24, 2.45) is 0 Å². The van der Waals surface area contributed by atoms with Gasteiger partial charge in [0.1, 0.15) is 5.52 Å². The first kappa shape index (κ1) is 17.6. The number of aromatic nitrogens is 2. The average Bonchev–Trinajstić information content (AvgIpc) is 3.22. The van der Waals surface area contributed by atoms with E-state index in [1.165, 1.54) is 0 Å². The van der Waals surface area contributed by atoms with Crippen molar-refractivity contribution in [2.75, 3.05) is 0 Å². The Morgan fingerprint density at radius 1 is 0.828 bits per heavy atom. The van der Waals surface area contributed by atoms with E-state index in [0.29, 0.717) is 0 Å². The van der Waals surface area contributed by atoms with Crippen molar-refractivity contribution in [1.82, 2.24) is 9.97 Å². The van der Waals surface area contributed by atoms with E-state index in [0.717, 1.165) is 50.0 Å². The topological polar surface area (TPSA) is 38.9 Å².